The van der Waals surface area contributed by atoms with Crippen LogP contribution in [0.5, 0.6) is 0 Å². The number of allylic oxidation sites excluding steroid dienone is 3. The number of hydrogen-bond acceptors (Lipinski definition) is 1. The van der Waals surface area contributed by atoms with Crippen molar-refractivity contribution in [3.05, 3.63) is 22.3 Å². The van der Waals surface area contributed by atoms with Crippen molar-refractivity contribution >= 4 is 41.7 Å². The van der Waals surface area contributed by atoms with Crippen molar-refractivity contribution in [2.24, 2.45) is 11.8 Å². The van der Waals surface area contributed by atoms with E-state index in [4.69, 9.17) is 11.6 Å². The minimum absolute atomic E-state index is 0.0172. The van der Waals surface area contributed by atoms with Crippen molar-refractivity contribution in [1.82, 2.24) is 4.90 Å². The summed E-state index contributed by atoms with van der Waals surface area (Å²) in [7, 11) is 0. The molecule has 0 spiro atoms. The van der Waals surface area contributed by atoms with Gasteiger partial charge in [-0.25, -0.2) is 0 Å². The molecular weight excluding hydrogens is 373 g/mol. The van der Waals surface area contributed by atoms with E-state index in [-0.39, 0.29) is 38.5 Å². The third kappa shape index (κ3) is 4.42. The fraction of sp³-hybridized carbons (Fsp3) is 0.600. The van der Waals surface area contributed by atoms with Crippen LogP contribution in [-0.4, -0.2) is 33.3 Å². The van der Waals surface area contributed by atoms with E-state index in [0.717, 1.165) is 19.5 Å². The lowest BCUT2D eigenvalue weighted by Gasteiger charge is -2.30. The van der Waals surface area contributed by atoms with Crippen LogP contribution in [0, 0.1) is 11.8 Å². The first-order valence-electron chi connectivity index (χ1n) is 6.87. The molecule has 1 aliphatic heterocycles. The van der Waals surface area contributed by atoms with Gasteiger partial charge in [-0.15, -0.1) is 11.6 Å². The molecule has 0 N–H and O–H groups in total. The normalized spacial score (nSPS) is 17.4. The van der Waals surface area contributed by atoms with Gasteiger partial charge in [0.25, 0.3) is 0 Å². The average molecular weight is 396 g/mol. The molecule has 0 saturated heterocycles. The van der Waals surface area contributed by atoms with Gasteiger partial charge in [-0.3, -0.25) is 4.79 Å². The third-order valence-corrected chi connectivity index (χ3v) is 6.38. The zero-order chi connectivity index (χ0) is 14.3. The van der Waals surface area contributed by atoms with Gasteiger partial charge < -0.3 is 4.90 Å². The molecule has 4 heteroatoms. The van der Waals surface area contributed by atoms with Crippen LogP contribution in [0.3, 0.4) is 0 Å². The number of carbonyl (C=O) groups is 1. The zero-order valence-corrected chi connectivity index (χ0v) is 14.8. The molecular formula is C15H23ClINO. The Morgan fingerprint density at radius 3 is 2.42 bits per heavy atom. The molecule has 1 rings (SSSR count). The molecule has 2 atom stereocenters. The Bertz CT molecular complexity index is 382. The summed E-state index contributed by atoms with van der Waals surface area (Å²) >= 11 is 5.94. The smallest absolute Gasteiger partial charge is 0.230 e. The number of hydrogen-bond donors (Lipinski definition) is 0. The number of alkyl halides is 1. The van der Waals surface area contributed by atoms with Crippen molar-refractivity contribution in [3.63, 3.8) is 0 Å². The van der Waals surface area contributed by atoms with Crippen molar-refractivity contribution in [1.29, 1.82) is 0 Å². The average Bonchev–Trinajstić information content (AvgIpc) is 2.46. The minimum Gasteiger partial charge on any atom is -0.343 e. The van der Waals surface area contributed by atoms with Crippen LogP contribution in [0.2, 0.25) is 0 Å². The topological polar surface area (TPSA) is 20.3 Å². The maximum absolute atomic E-state index is 12.8. The Labute approximate surface area is 131 Å². The molecule has 0 fully saturated rings. The Balaban J connectivity index is 3.05. The predicted octanol–water partition coefficient (Wildman–Crippen LogP) is 3.96. The molecule has 1 heterocycles. The summed E-state index contributed by atoms with van der Waals surface area (Å²) < 4.78 is 3.53. The highest BCUT2D eigenvalue weighted by molar-refractivity contribution is 14.2. The van der Waals surface area contributed by atoms with Gasteiger partial charge in [0.15, 0.2) is 0 Å². The van der Waals surface area contributed by atoms with Gasteiger partial charge >= 0.3 is 0 Å². The lowest BCUT2D eigenvalue weighted by Crippen LogP contribution is -2.42. The highest BCUT2D eigenvalue weighted by Crippen LogP contribution is 2.27. The summed E-state index contributed by atoms with van der Waals surface area (Å²) in [4.78, 5) is 14.7. The first-order chi connectivity index (χ1) is 9.19. The predicted molar refractivity (Wildman–Crippen MR) is 93.2 cm³/mol. The number of carbonyl (C=O) groups excluding carboxylic acids is 1. The fourth-order valence-corrected chi connectivity index (χ4v) is 5.05. The van der Waals surface area contributed by atoms with E-state index in [1.807, 2.05) is 24.8 Å². The molecule has 1 amide bonds. The molecule has 1 aliphatic rings. The van der Waals surface area contributed by atoms with Gasteiger partial charge in [0.05, 0.1) is 5.92 Å². The molecule has 0 radical (unpaired) electrons. The number of halogens is 2. The standard InChI is InChI=1S/C15H23ClINO/c1-4-12(11-16)14(13-9-7-8-10-17-13)15(19)18(5-2)6-3/h7-10,12,14H,4-6,11H2,1-3H3/t12-,14?/m0/s1. The van der Waals surface area contributed by atoms with Gasteiger partial charge in [0.2, 0.25) is 5.91 Å². The van der Waals surface area contributed by atoms with Crippen molar-refractivity contribution in [2.75, 3.05) is 19.0 Å². The summed E-state index contributed by atoms with van der Waals surface area (Å²) in [5.74, 6) is 1.04. The van der Waals surface area contributed by atoms with E-state index in [1.165, 1.54) is 3.51 Å². The Morgan fingerprint density at radius 1 is 1.32 bits per heavy atom. The first kappa shape index (κ1) is 16.9. The van der Waals surface area contributed by atoms with Crippen molar-refractivity contribution < 1.29 is 4.79 Å². The lowest BCUT2D eigenvalue weighted by molar-refractivity contribution is -0.134. The van der Waals surface area contributed by atoms with Crippen molar-refractivity contribution in [2.45, 2.75) is 27.2 Å². The number of nitrogens with zero attached hydrogens (tertiary/aromatic N) is 1. The number of amides is 1. The summed E-state index contributed by atoms with van der Waals surface area (Å²) in [6, 6.07) is 0. The van der Waals surface area contributed by atoms with Gasteiger partial charge in [-0.2, -0.15) is 0 Å². The largest absolute Gasteiger partial charge is 0.343 e. The molecule has 108 valence electrons. The molecule has 0 saturated carbocycles. The Hall–Kier alpha value is -0.160. The highest BCUT2D eigenvalue weighted by atomic mass is 127. The second-order valence-electron chi connectivity index (χ2n) is 4.48. The summed E-state index contributed by atoms with van der Waals surface area (Å²) in [5, 5.41) is 0. The summed E-state index contributed by atoms with van der Waals surface area (Å²) in [6.45, 7) is 7.75. The van der Waals surface area contributed by atoms with E-state index < -0.39 is 0 Å². The molecule has 1 unspecified atom stereocenters. The summed E-state index contributed by atoms with van der Waals surface area (Å²) in [6.07, 6.45) is 7.21. The second kappa shape index (κ2) is 8.90. The van der Waals surface area contributed by atoms with Crippen LogP contribution < -0.4 is 0 Å². The van der Waals surface area contributed by atoms with Crippen LogP contribution >= 0.6 is 32.3 Å². The SMILES string of the molecule is CC[C@@H](CCl)C(C(=O)N(CC)CC)C1=IC=CC=C1. The van der Waals surface area contributed by atoms with Gasteiger partial charge in [0.1, 0.15) is 0 Å². The quantitative estimate of drug-likeness (QED) is 0.472. The molecule has 0 bridgehead atoms. The lowest BCUT2D eigenvalue weighted by atomic mass is 9.87. The molecule has 19 heavy (non-hydrogen) atoms. The van der Waals surface area contributed by atoms with Gasteiger partial charge in [-0.1, -0.05) is 52.3 Å². The van der Waals surface area contributed by atoms with E-state index >= 15 is 0 Å². The van der Waals surface area contributed by atoms with Gasteiger partial charge in [0, 0.05) is 19.0 Å². The highest BCUT2D eigenvalue weighted by Gasteiger charge is 2.32. The van der Waals surface area contributed by atoms with Crippen LogP contribution in [-0.2, 0) is 4.79 Å². The Kier molecular flexibility index (Phi) is 7.91. The third-order valence-electron chi connectivity index (χ3n) is 3.46. The molecule has 0 aromatic heterocycles. The summed E-state index contributed by atoms with van der Waals surface area (Å²) in [5.41, 5.74) is 0. The first-order valence-corrected chi connectivity index (χ1v) is 9.73. The molecule has 0 aromatic rings. The maximum atomic E-state index is 12.8. The van der Waals surface area contributed by atoms with Crippen LogP contribution in [0.1, 0.15) is 27.2 Å². The van der Waals surface area contributed by atoms with E-state index in [1.54, 1.807) is 0 Å². The monoisotopic (exact) mass is 395 g/mol. The van der Waals surface area contributed by atoms with E-state index in [2.05, 4.69) is 23.2 Å². The minimum atomic E-state index is -0.164. The zero-order valence-electron chi connectivity index (χ0n) is 11.9. The fourth-order valence-electron chi connectivity index (χ4n) is 2.22. The second-order valence-corrected chi connectivity index (χ2v) is 7.38. The molecule has 0 aliphatic carbocycles. The van der Waals surface area contributed by atoms with Crippen molar-refractivity contribution in [3.8, 4) is 0 Å². The molecule has 2 nitrogen and oxygen atoms in total. The van der Waals surface area contributed by atoms with Crippen LogP contribution in [0.15, 0.2) is 22.3 Å². The van der Waals surface area contributed by atoms with Gasteiger partial charge in [-0.05, 0) is 27.4 Å². The Morgan fingerprint density at radius 2 is 2.00 bits per heavy atom. The van der Waals surface area contributed by atoms with E-state index in [0.29, 0.717) is 5.88 Å². The van der Waals surface area contributed by atoms with Crippen LogP contribution in [0.4, 0.5) is 0 Å². The molecule has 0 aromatic carbocycles. The number of rotatable bonds is 7. The van der Waals surface area contributed by atoms with Crippen LogP contribution in [0.25, 0.3) is 0 Å². The maximum Gasteiger partial charge on any atom is 0.230 e. The van der Waals surface area contributed by atoms with E-state index in [9.17, 15) is 4.79 Å².